The van der Waals surface area contributed by atoms with Gasteiger partial charge in [0.2, 0.25) is 0 Å². The van der Waals surface area contributed by atoms with Crippen LogP contribution in [0.25, 0.3) is 5.69 Å². The third-order valence-corrected chi connectivity index (χ3v) is 3.93. The summed E-state index contributed by atoms with van der Waals surface area (Å²) in [6, 6.07) is 9.27. The zero-order valence-corrected chi connectivity index (χ0v) is 14.6. The van der Waals surface area contributed by atoms with Crippen LogP contribution in [0.5, 0.6) is 5.75 Å². The molecule has 0 saturated carbocycles. The number of carbonyl (C=O) groups is 1. The molecule has 6 nitrogen and oxygen atoms in total. The molecule has 0 aliphatic carbocycles. The highest BCUT2D eigenvalue weighted by Gasteiger charge is 2.21. The molecule has 6 heteroatoms. The predicted octanol–water partition coefficient (Wildman–Crippen LogP) is 3.68. The van der Waals surface area contributed by atoms with Crippen molar-refractivity contribution < 1.29 is 14.3 Å². The van der Waals surface area contributed by atoms with Gasteiger partial charge in [-0.15, -0.1) is 0 Å². The van der Waals surface area contributed by atoms with Crippen LogP contribution < -0.4 is 10.5 Å². The van der Waals surface area contributed by atoms with E-state index in [-0.39, 0.29) is 16.9 Å². The number of methoxy groups -OCH3 is 1. The van der Waals surface area contributed by atoms with Crippen molar-refractivity contribution in [3.63, 3.8) is 0 Å². The molecule has 0 saturated heterocycles. The number of benzene rings is 1. The molecule has 0 aliphatic heterocycles. The number of aromatic nitrogens is 1. The van der Waals surface area contributed by atoms with Crippen molar-refractivity contribution in [1.29, 1.82) is 5.26 Å². The van der Waals surface area contributed by atoms with E-state index in [2.05, 4.69) is 6.92 Å². The second-order valence-electron chi connectivity index (χ2n) is 5.68. The van der Waals surface area contributed by atoms with Crippen LogP contribution >= 0.6 is 0 Å². The first-order valence-corrected chi connectivity index (χ1v) is 8.34. The van der Waals surface area contributed by atoms with Gasteiger partial charge in [0, 0.05) is 11.9 Å². The molecule has 2 N–H and O–H groups in total. The molecule has 132 valence electrons. The minimum atomic E-state index is -0.588. The summed E-state index contributed by atoms with van der Waals surface area (Å²) in [7, 11) is 1.28. The van der Waals surface area contributed by atoms with E-state index in [1.165, 1.54) is 26.1 Å². The topological polar surface area (TPSA) is 90.3 Å². The Kier molecular flexibility index (Phi) is 6.47. The quantitative estimate of drug-likeness (QED) is 0.584. The highest BCUT2D eigenvalue weighted by atomic mass is 16.5. The Morgan fingerprint density at radius 1 is 1.24 bits per heavy atom. The van der Waals surface area contributed by atoms with Crippen molar-refractivity contribution >= 4 is 11.7 Å². The first kappa shape index (κ1) is 18.4. The van der Waals surface area contributed by atoms with E-state index in [0.717, 1.165) is 18.6 Å². The van der Waals surface area contributed by atoms with Crippen LogP contribution in [0.3, 0.4) is 0 Å². The summed E-state index contributed by atoms with van der Waals surface area (Å²) in [6.07, 6.45) is 6.14. The lowest BCUT2D eigenvalue weighted by Gasteiger charge is -2.10. The van der Waals surface area contributed by atoms with Gasteiger partial charge in [0.25, 0.3) is 0 Å². The molecule has 0 spiro atoms. The number of nitrogens with zero attached hydrogens (tertiary/aromatic N) is 2. The molecule has 0 aliphatic rings. The van der Waals surface area contributed by atoms with Crippen molar-refractivity contribution in [2.75, 3.05) is 19.5 Å². The number of esters is 1. The monoisotopic (exact) mass is 341 g/mol. The van der Waals surface area contributed by atoms with Crippen LogP contribution in [0.2, 0.25) is 0 Å². The molecule has 1 aromatic heterocycles. The maximum absolute atomic E-state index is 12.0. The number of nitrogen functional groups attached to an aromatic ring is 1. The SMILES string of the molecule is CCCCCCOc1ccc(-n2cc(C#N)c(N)c2C(=O)OC)cc1. The van der Waals surface area contributed by atoms with Gasteiger partial charge in [-0.25, -0.2) is 4.79 Å². The summed E-state index contributed by atoms with van der Waals surface area (Å²) in [4.78, 5) is 12.0. The Morgan fingerprint density at radius 2 is 1.96 bits per heavy atom. The Bertz CT molecular complexity index is 757. The molecule has 25 heavy (non-hydrogen) atoms. The third-order valence-electron chi connectivity index (χ3n) is 3.93. The fraction of sp³-hybridized carbons (Fsp3) is 0.368. The Hall–Kier alpha value is -2.94. The number of nitrogens with two attached hydrogens (primary N) is 1. The maximum atomic E-state index is 12.0. The van der Waals surface area contributed by atoms with Gasteiger partial charge in [0.1, 0.15) is 11.8 Å². The first-order chi connectivity index (χ1) is 12.1. The van der Waals surface area contributed by atoms with Crippen LogP contribution in [0.15, 0.2) is 30.5 Å². The third kappa shape index (κ3) is 4.32. The van der Waals surface area contributed by atoms with Gasteiger partial charge in [-0.05, 0) is 30.7 Å². The van der Waals surface area contributed by atoms with E-state index in [1.807, 2.05) is 30.3 Å². The molecular weight excluding hydrogens is 318 g/mol. The second-order valence-corrected chi connectivity index (χ2v) is 5.68. The van der Waals surface area contributed by atoms with Crippen LogP contribution in [-0.4, -0.2) is 24.3 Å². The molecule has 0 bridgehead atoms. The van der Waals surface area contributed by atoms with Gasteiger partial charge in [0.15, 0.2) is 5.69 Å². The van der Waals surface area contributed by atoms with Gasteiger partial charge in [-0.3, -0.25) is 0 Å². The number of rotatable bonds is 8. The minimum Gasteiger partial charge on any atom is -0.494 e. The number of ether oxygens (including phenoxy) is 2. The summed E-state index contributed by atoms with van der Waals surface area (Å²) in [5.41, 5.74) is 7.09. The van der Waals surface area contributed by atoms with Crippen molar-refractivity contribution in [2.24, 2.45) is 0 Å². The van der Waals surface area contributed by atoms with Gasteiger partial charge in [-0.1, -0.05) is 26.2 Å². The average Bonchev–Trinajstić information content (AvgIpc) is 2.98. The van der Waals surface area contributed by atoms with E-state index in [0.29, 0.717) is 12.3 Å². The molecule has 0 amide bonds. The highest BCUT2D eigenvalue weighted by Crippen LogP contribution is 2.25. The molecule has 1 aromatic carbocycles. The summed E-state index contributed by atoms with van der Waals surface area (Å²) >= 11 is 0. The number of nitriles is 1. The molecule has 2 rings (SSSR count). The summed E-state index contributed by atoms with van der Waals surface area (Å²) in [5, 5.41) is 9.14. The first-order valence-electron chi connectivity index (χ1n) is 8.34. The summed E-state index contributed by atoms with van der Waals surface area (Å²) in [5.74, 6) is 0.177. The lowest BCUT2D eigenvalue weighted by Crippen LogP contribution is -2.11. The van der Waals surface area contributed by atoms with Crippen molar-refractivity contribution in [3.8, 4) is 17.5 Å². The smallest absolute Gasteiger partial charge is 0.357 e. The molecule has 0 radical (unpaired) electrons. The lowest BCUT2D eigenvalue weighted by atomic mass is 10.2. The van der Waals surface area contributed by atoms with E-state index in [1.54, 1.807) is 4.57 Å². The Balaban J connectivity index is 2.17. The fourth-order valence-corrected chi connectivity index (χ4v) is 2.54. The number of unbranched alkanes of at least 4 members (excludes halogenated alkanes) is 3. The van der Waals surface area contributed by atoms with Crippen LogP contribution in [0.1, 0.15) is 48.7 Å². The lowest BCUT2D eigenvalue weighted by molar-refractivity contribution is 0.0593. The molecule has 0 unspecified atom stereocenters. The van der Waals surface area contributed by atoms with Crippen LogP contribution in [-0.2, 0) is 4.74 Å². The highest BCUT2D eigenvalue weighted by molar-refractivity contribution is 5.95. The van der Waals surface area contributed by atoms with E-state index >= 15 is 0 Å². The van der Waals surface area contributed by atoms with Crippen molar-refractivity contribution in [1.82, 2.24) is 4.57 Å². The van der Waals surface area contributed by atoms with Gasteiger partial charge >= 0.3 is 5.97 Å². The van der Waals surface area contributed by atoms with Crippen molar-refractivity contribution in [2.45, 2.75) is 32.6 Å². The van der Waals surface area contributed by atoms with Gasteiger partial charge in [0.05, 0.1) is 25.0 Å². The molecule has 1 heterocycles. The average molecular weight is 341 g/mol. The summed E-state index contributed by atoms with van der Waals surface area (Å²) < 4.78 is 12.0. The number of carbonyl (C=O) groups excluding carboxylic acids is 1. The number of anilines is 1. The van der Waals surface area contributed by atoms with E-state index in [9.17, 15) is 4.79 Å². The number of hydrogen-bond donors (Lipinski definition) is 1. The molecule has 0 atom stereocenters. The Morgan fingerprint density at radius 3 is 2.56 bits per heavy atom. The maximum Gasteiger partial charge on any atom is 0.357 e. The van der Waals surface area contributed by atoms with Gasteiger partial charge in [-0.2, -0.15) is 5.26 Å². The molecule has 2 aromatic rings. The van der Waals surface area contributed by atoms with E-state index in [4.69, 9.17) is 20.5 Å². The molecular formula is C19H23N3O3. The summed E-state index contributed by atoms with van der Waals surface area (Å²) in [6.45, 7) is 2.86. The zero-order valence-electron chi connectivity index (χ0n) is 14.6. The predicted molar refractivity (Wildman–Crippen MR) is 95.9 cm³/mol. The van der Waals surface area contributed by atoms with Crippen LogP contribution in [0, 0.1) is 11.3 Å². The fourth-order valence-electron chi connectivity index (χ4n) is 2.54. The largest absolute Gasteiger partial charge is 0.494 e. The van der Waals surface area contributed by atoms with Crippen LogP contribution in [0.4, 0.5) is 5.69 Å². The molecule has 0 fully saturated rings. The second kappa shape index (κ2) is 8.78. The standard InChI is InChI=1S/C19H23N3O3/c1-3-4-5-6-11-25-16-9-7-15(8-10-16)22-13-14(12-20)17(21)18(22)19(23)24-2/h7-10,13H,3-6,11,21H2,1-2H3. The normalized spacial score (nSPS) is 10.3. The van der Waals surface area contributed by atoms with E-state index < -0.39 is 5.97 Å². The van der Waals surface area contributed by atoms with Crippen molar-refractivity contribution in [3.05, 3.63) is 41.7 Å². The minimum absolute atomic E-state index is 0.116. The van der Waals surface area contributed by atoms with Gasteiger partial charge < -0.3 is 19.8 Å². The Labute approximate surface area is 147 Å². The zero-order chi connectivity index (χ0) is 18.2. The number of hydrogen-bond acceptors (Lipinski definition) is 5.